The number of rotatable bonds is 3. The Balaban J connectivity index is 1.54. The van der Waals surface area contributed by atoms with Gasteiger partial charge in [0.1, 0.15) is 11.2 Å². The molecule has 2 aliphatic carbocycles. The number of carbonyl (C=O) groups is 2. The highest BCUT2D eigenvalue weighted by atomic mass is 16.4. The standard InChI is InChI=1S/C15H16N2O4/c18-12(10-6-11-9(16-10)2-5-21-11)17-15(13(19)20)7-14(8-15)3-1-4-14/h2,5-6,16H,1,3-4,7-8H2,(H,17,18)(H,19,20). The van der Waals surface area contributed by atoms with E-state index in [0.29, 0.717) is 24.1 Å². The van der Waals surface area contributed by atoms with Crippen LogP contribution in [0.2, 0.25) is 0 Å². The first-order chi connectivity index (χ1) is 10.0. The molecule has 2 saturated carbocycles. The third kappa shape index (κ3) is 1.71. The number of hydrogen-bond donors (Lipinski definition) is 3. The number of carboxylic acids is 1. The highest BCUT2D eigenvalue weighted by Crippen LogP contribution is 2.60. The Morgan fingerprint density at radius 2 is 2.10 bits per heavy atom. The zero-order valence-electron chi connectivity index (χ0n) is 11.4. The number of furan rings is 1. The van der Waals surface area contributed by atoms with E-state index in [2.05, 4.69) is 10.3 Å². The number of fused-ring (bicyclic) bond motifs is 1. The van der Waals surface area contributed by atoms with Gasteiger partial charge in [0.25, 0.3) is 5.91 Å². The van der Waals surface area contributed by atoms with Crippen LogP contribution in [0.25, 0.3) is 11.1 Å². The highest BCUT2D eigenvalue weighted by Gasteiger charge is 2.61. The summed E-state index contributed by atoms with van der Waals surface area (Å²) < 4.78 is 5.20. The van der Waals surface area contributed by atoms with Crippen molar-refractivity contribution in [1.82, 2.24) is 10.3 Å². The monoisotopic (exact) mass is 288 g/mol. The van der Waals surface area contributed by atoms with Crippen LogP contribution in [0.4, 0.5) is 0 Å². The molecule has 6 heteroatoms. The van der Waals surface area contributed by atoms with Gasteiger partial charge in [-0.3, -0.25) is 4.79 Å². The molecule has 0 radical (unpaired) electrons. The lowest BCUT2D eigenvalue weighted by atomic mass is 9.48. The summed E-state index contributed by atoms with van der Waals surface area (Å²) in [6, 6.07) is 3.32. The van der Waals surface area contributed by atoms with Crippen molar-refractivity contribution in [2.45, 2.75) is 37.6 Å². The van der Waals surface area contributed by atoms with Crippen LogP contribution in [0.3, 0.4) is 0 Å². The van der Waals surface area contributed by atoms with Gasteiger partial charge in [0.15, 0.2) is 5.58 Å². The second-order valence-electron chi connectivity index (χ2n) is 6.43. The van der Waals surface area contributed by atoms with Gasteiger partial charge in [0, 0.05) is 12.1 Å². The molecule has 2 heterocycles. The van der Waals surface area contributed by atoms with Gasteiger partial charge in [-0.25, -0.2) is 4.79 Å². The number of amides is 1. The third-order valence-electron chi connectivity index (χ3n) is 5.01. The van der Waals surface area contributed by atoms with Crippen molar-refractivity contribution >= 4 is 23.0 Å². The van der Waals surface area contributed by atoms with E-state index in [0.717, 1.165) is 24.8 Å². The minimum absolute atomic E-state index is 0.162. The van der Waals surface area contributed by atoms with Gasteiger partial charge in [-0.05, 0) is 31.1 Å². The molecular weight excluding hydrogens is 272 g/mol. The molecule has 0 bridgehead atoms. The molecule has 0 saturated heterocycles. The summed E-state index contributed by atoms with van der Waals surface area (Å²) in [5.74, 6) is -1.33. The number of nitrogens with one attached hydrogen (secondary N) is 2. The number of carbonyl (C=O) groups excluding carboxylic acids is 1. The molecule has 6 nitrogen and oxygen atoms in total. The summed E-state index contributed by atoms with van der Waals surface area (Å²) in [7, 11) is 0. The van der Waals surface area contributed by atoms with Gasteiger partial charge >= 0.3 is 5.97 Å². The van der Waals surface area contributed by atoms with E-state index in [1.807, 2.05) is 0 Å². The van der Waals surface area contributed by atoms with Gasteiger partial charge in [-0.15, -0.1) is 0 Å². The Morgan fingerprint density at radius 1 is 1.33 bits per heavy atom. The Morgan fingerprint density at radius 3 is 2.67 bits per heavy atom. The normalized spacial score (nSPS) is 21.7. The first-order valence-corrected chi connectivity index (χ1v) is 7.14. The largest absolute Gasteiger partial charge is 0.480 e. The Labute approximate surface area is 120 Å². The highest BCUT2D eigenvalue weighted by molar-refractivity contribution is 6.00. The summed E-state index contributed by atoms with van der Waals surface area (Å²) in [6.45, 7) is 0. The summed E-state index contributed by atoms with van der Waals surface area (Å²) in [6.07, 6.45) is 5.93. The molecule has 4 rings (SSSR count). The smallest absolute Gasteiger partial charge is 0.329 e. The minimum Gasteiger partial charge on any atom is -0.480 e. The molecule has 0 unspecified atom stereocenters. The molecule has 21 heavy (non-hydrogen) atoms. The fourth-order valence-electron chi connectivity index (χ4n) is 3.81. The van der Waals surface area contributed by atoms with Crippen LogP contribution in [-0.2, 0) is 4.79 Å². The maximum absolute atomic E-state index is 12.3. The van der Waals surface area contributed by atoms with Crippen LogP contribution >= 0.6 is 0 Å². The predicted octanol–water partition coefficient (Wildman–Crippen LogP) is 2.28. The lowest BCUT2D eigenvalue weighted by molar-refractivity contribution is -0.161. The lowest BCUT2D eigenvalue weighted by Gasteiger charge is -2.58. The number of hydrogen-bond acceptors (Lipinski definition) is 3. The van der Waals surface area contributed by atoms with Gasteiger partial charge in [0.05, 0.1) is 11.8 Å². The van der Waals surface area contributed by atoms with Crippen molar-refractivity contribution in [3.05, 3.63) is 24.1 Å². The summed E-state index contributed by atoms with van der Waals surface area (Å²) in [5, 5.41) is 12.2. The van der Waals surface area contributed by atoms with Crippen molar-refractivity contribution in [3.63, 3.8) is 0 Å². The topological polar surface area (TPSA) is 95.3 Å². The van der Waals surface area contributed by atoms with E-state index in [9.17, 15) is 14.7 Å². The lowest BCUT2D eigenvalue weighted by Crippen LogP contribution is -2.68. The predicted molar refractivity (Wildman–Crippen MR) is 73.9 cm³/mol. The zero-order chi connectivity index (χ0) is 14.7. The Bertz CT molecular complexity index is 701. The average molecular weight is 288 g/mol. The zero-order valence-corrected chi connectivity index (χ0v) is 11.4. The number of carboxylic acid groups (broad SMARTS) is 1. The second-order valence-corrected chi connectivity index (χ2v) is 6.43. The summed E-state index contributed by atoms with van der Waals surface area (Å²) >= 11 is 0. The van der Waals surface area contributed by atoms with E-state index < -0.39 is 17.4 Å². The molecule has 0 aromatic carbocycles. The maximum Gasteiger partial charge on any atom is 0.329 e. The molecular formula is C15H16N2O4. The molecule has 1 amide bonds. The maximum atomic E-state index is 12.3. The molecule has 110 valence electrons. The first kappa shape index (κ1) is 12.5. The Hall–Kier alpha value is -2.24. The molecule has 0 aliphatic heterocycles. The average Bonchev–Trinajstić information content (AvgIpc) is 2.90. The summed E-state index contributed by atoms with van der Waals surface area (Å²) in [5.41, 5.74) is 0.709. The number of aromatic nitrogens is 1. The molecule has 1 spiro atoms. The van der Waals surface area contributed by atoms with Crippen LogP contribution < -0.4 is 5.32 Å². The van der Waals surface area contributed by atoms with Gasteiger partial charge < -0.3 is 19.8 Å². The number of aliphatic carboxylic acids is 1. The molecule has 2 aromatic rings. The van der Waals surface area contributed by atoms with Crippen LogP contribution in [0.15, 0.2) is 22.8 Å². The van der Waals surface area contributed by atoms with E-state index in [4.69, 9.17) is 4.42 Å². The van der Waals surface area contributed by atoms with E-state index in [1.165, 1.54) is 6.26 Å². The fraction of sp³-hybridized carbons (Fsp3) is 0.467. The quantitative estimate of drug-likeness (QED) is 0.807. The van der Waals surface area contributed by atoms with E-state index >= 15 is 0 Å². The molecule has 2 aromatic heterocycles. The van der Waals surface area contributed by atoms with Gasteiger partial charge in [-0.1, -0.05) is 6.42 Å². The van der Waals surface area contributed by atoms with Gasteiger partial charge in [-0.2, -0.15) is 0 Å². The molecule has 0 atom stereocenters. The van der Waals surface area contributed by atoms with Crippen LogP contribution in [0.1, 0.15) is 42.6 Å². The van der Waals surface area contributed by atoms with Crippen molar-refractivity contribution < 1.29 is 19.1 Å². The van der Waals surface area contributed by atoms with Gasteiger partial charge in [0.2, 0.25) is 0 Å². The van der Waals surface area contributed by atoms with E-state index in [1.54, 1.807) is 12.1 Å². The first-order valence-electron chi connectivity index (χ1n) is 7.14. The SMILES string of the molecule is O=C(NC1(C(=O)O)CC2(CCC2)C1)c1cc2occc2[nH]1. The van der Waals surface area contributed by atoms with Crippen LogP contribution in [-0.4, -0.2) is 27.5 Å². The number of H-pyrrole nitrogens is 1. The van der Waals surface area contributed by atoms with Crippen molar-refractivity contribution in [3.8, 4) is 0 Å². The van der Waals surface area contributed by atoms with Crippen LogP contribution in [0.5, 0.6) is 0 Å². The summed E-state index contributed by atoms with van der Waals surface area (Å²) in [4.78, 5) is 26.8. The van der Waals surface area contributed by atoms with Crippen molar-refractivity contribution in [1.29, 1.82) is 0 Å². The number of aromatic amines is 1. The third-order valence-corrected chi connectivity index (χ3v) is 5.01. The second kappa shape index (κ2) is 3.90. The Kier molecular flexibility index (Phi) is 2.32. The molecule has 3 N–H and O–H groups in total. The van der Waals surface area contributed by atoms with Crippen molar-refractivity contribution in [2.24, 2.45) is 5.41 Å². The molecule has 2 aliphatic rings. The molecule has 2 fully saturated rings. The fourth-order valence-corrected chi connectivity index (χ4v) is 3.81. The van der Waals surface area contributed by atoms with E-state index in [-0.39, 0.29) is 5.41 Å². The van der Waals surface area contributed by atoms with Crippen LogP contribution in [0, 0.1) is 5.41 Å². The minimum atomic E-state index is -1.11. The van der Waals surface area contributed by atoms with Crippen molar-refractivity contribution in [2.75, 3.05) is 0 Å².